The third kappa shape index (κ3) is 3.19. The van der Waals surface area contributed by atoms with E-state index in [0.29, 0.717) is 12.1 Å². The van der Waals surface area contributed by atoms with Crippen molar-refractivity contribution in [2.75, 3.05) is 13.2 Å². The Morgan fingerprint density at radius 1 is 1.40 bits per heavy atom. The maximum absolute atomic E-state index is 5.82. The molecule has 3 rings (SSSR count). The topological polar surface area (TPSA) is 47.3 Å². The third-order valence-electron chi connectivity index (χ3n) is 3.82. The van der Waals surface area contributed by atoms with Gasteiger partial charge in [-0.3, -0.25) is 0 Å². The molecule has 0 amide bonds. The SMILES string of the molecule is CCNC(Cc1nc2ccccc2o1)CC1CCCO1. The number of hydrogen-bond acceptors (Lipinski definition) is 4. The second-order valence-corrected chi connectivity index (χ2v) is 5.40. The lowest BCUT2D eigenvalue weighted by atomic mass is 10.0. The number of fused-ring (bicyclic) bond motifs is 1. The fourth-order valence-electron chi connectivity index (χ4n) is 2.89. The Labute approximate surface area is 119 Å². The number of hydrogen-bond donors (Lipinski definition) is 1. The van der Waals surface area contributed by atoms with Crippen LogP contribution in [0.1, 0.15) is 32.1 Å². The molecule has 1 fully saturated rings. The molecule has 2 atom stereocenters. The molecule has 20 heavy (non-hydrogen) atoms. The summed E-state index contributed by atoms with van der Waals surface area (Å²) in [7, 11) is 0. The Balaban J connectivity index is 1.68. The van der Waals surface area contributed by atoms with Gasteiger partial charge in [0.25, 0.3) is 0 Å². The van der Waals surface area contributed by atoms with Crippen molar-refractivity contribution in [2.24, 2.45) is 0 Å². The minimum atomic E-state index is 0.371. The van der Waals surface area contributed by atoms with Crippen LogP contribution in [0.15, 0.2) is 28.7 Å². The van der Waals surface area contributed by atoms with E-state index in [0.717, 1.165) is 43.0 Å². The Morgan fingerprint density at radius 3 is 3.05 bits per heavy atom. The van der Waals surface area contributed by atoms with Crippen molar-refractivity contribution < 1.29 is 9.15 Å². The van der Waals surface area contributed by atoms with Gasteiger partial charge in [-0.1, -0.05) is 19.1 Å². The highest BCUT2D eigenvalue weighted by atomic mass is 16.5. The molecule has 1 aromatic heterocycles. The smallest absolute Gasteiger partial charge is 0.197 e. The average Bonchev–Trinajstić information content (AvgIpc) is 3.07. The predicted molar refractivity (Wildman–Crippen MR) is 78.8 cm³/mol. The van der Waals surface area contributed by atoms with Crippen LogP contribution in [0.5, 0.6) is 0 Å². The summed E-state index contributed by atoms with van der Waals surface area (Å²) in [6, 6.07) is 8.30. The van der Waals surface area contributed by atoms with Crippen molar-refractivity contribution in [2.45, 2.75) is 44.8 Å². The molecule has 0 saturated carbocycles. The molecule has 0 spiro atoms. The highest BCUT2D eigenvalue weighted by molar-refractivity contribution is 5.72. The molecule has 4 nitrogen and oxygen atoms in total. The maximum atomic E-state index is 5.82. The Bertz CT molecular complexity index is 513. The molecule has 1 aliphatic rings. The summed E-state index contributed by atoms with van der Waals surface area (Å²) in [5.74, 6) is 0.815. The van der Waals surface area contributed by atoms with Gasteiger partial charge in [0, 0.05) is 19.1 Å². The minimum absolute atomic E-state index is 0.371. The molecule has 1 aromatic carbocycles. The van der Waals surface area contributed by atoms with Crippen LogP contribution in [0.25, 0.3) is 11.1 Å². The van der Waals surface area contributed by atoms with Crippen molar-refractivity contribution in [1.82, 2.24) is 10.3 Å². The van der Waals surface area contributed by atoms with E-state index >= 15 is 0 Å². The summed E-state index contributed by atoms with van der Waals surface area (Å²) in [6.07, 6.45) is 4.61. The van der Waals surface area contributed by atoms with Gasteiger partial charge in [-0.2, -0.15) is 0 Å². The van der Waals surface area contributed by atoms with Gasteiger partial charge in [-0.25, -0.2) is 4.98 Å². The Kier molecular flexibility index (Phi) is 4.33. The maximum Gasteiger partial charge on any atom is 0.197 e. The predicted octanol–water partition coefficient (Wildman–Crippen LogP) is 2.92. The number of oxazole rings is 1. The standard InChI is InChI=1S/C16H22N2O2/c1-2-17-12(10-13-6-5-9-19-13)11-16-18-14-7-3-4-8-15(14)20-16/h3-4,7-8,12-13,17H,2,5-6,9-11H2,1H3. The van der Waals surface area contributed by atoms with Crippen LogP contribution in [0.4, 0.5) is 0 Å². The van der Waals surface area contributed by atoms with Crippen molar-refractivity contribution in [3.63, 3.8) is 0 Å². The van der Waals surface area contributed by atoms with Crippen molar-refractivity contribution in [1.29, 1.82) is 0 Å². The van der Waals surface area contributed by atoms with Crippen LogP contribution in [-0.2, 0) is 11.2 Å². The summed E-state index contributed by atoms with van der Waals surface area (Å²) in [4.78, 5) is 4.56. The lowest BCUT2D eigenvalue weighted by Crippen LogP contribution is -2.34. The summed E-state index contributed by atoms with van der Waals surface area (Å²) >= 11 is 0. The third-order valence-corrected chi connectivity index (χ3v) is 3.82. The first kappa shape index (κ1) is 13.6. The summed E-state index contributed by atoms with van der Waals surface area (Å²) in [5, 5.41) is 3.52. The number of nitrogens with one attached hydrogen (secondary N) is 1. The zero-order chi connectivity index (χ0) is 13.8. The highest BCUT2D eigenvalue weighted by Crippen LogP contribution is 2.20. The van der Waals surface area contributed by atoms with Gasteiger partial charge in [-0.15, -0.1) is 0 Å². The molecule has 4 heteroatoms. The fourth-order valence-corrected chi connectivity index (χ4v) is 2.89. The second-order valence-electron chi connectivity index (χ2n) is 5.40. The molecule has 1 N–H and O–H groups in total. The number of benzene rings is 1. The summed E-state index contributed by atoms with van der Waals surface area (Å²) in [6.45, 7) is 4.00. The second kappa shape index (κ2) is 6.37. The lowest BCUT2D eigenvalue weighted by molar-refractivity contribution is 0.0941. The molecule has 0 aliphatic carbocycles. The minimum Gasteiger partial charge on any atom is -0.441 e. The van der Waals surface area contributed by atoms with Crippen molar-refractivity contribution in [3.05, 3.63) is 30.2 Å². The number of aromatic nitrogens is 1. The van der Waals surface area contributed by atoms with E-state index in [1.54, 1.807) is 0 Å². The lowest BCUT2D eigenvalue weighted by Gasteiger charge is -2.19. The first-order valence-electron chi connectivity index (χ1n) is 7.54. The van der Waals surface area contributed by atoms with Gasteiger partial charge in [0.05, 0.1) is 6.10 Å². The van der Waals surface area contributed by atoms with Gasteiger partial charge in [0.2, 0.25) is 0 Å². The highest BCUT2D eigenvalue weighted by Gasteiger charge is 2.22. The van der Waals surface area contributed by atoms with Gasteiger partial charge in [-0.05, 0) is 37.9 Å². The normalized spacial score (nSPS) is 20.6. The number of likely N-dealkylation sites (N-methyl/N-ethyl adjacent to an activating group) is 1. The van der Waals surface area contributed by atoms with E-state index in [-0.39, 0.29) is 0 Å². The first-order valence-corrected chi connectivity index (χ1v) is 7.54. The fraction of sp³-hybridized carbons (Fsp3) is 0.562. The van der Waals surface area contributed by atoms with Crippen LogP contribution in [-0.4, -0.2) is 30.3 Å². The van der Waals surface area contributed by atoms with E-state index in [1.165, 1.54) is 12.8 Å². The van der Waals surface area contributed by atoms with Crippen LogP contribution < -0.4 is 5.32 Å². The number of para-hydroxylation sites is 2. The molecule has 2 heterocycles. The Hall–Kier alpha value is -1.39. The van der Waals surface area contributed by atoms with Gasteiger partial charge in [0.1, 0.15) is 5.52 Å². The zero-order valence-electron chi connectivity index (χ0n) is 12.0. The van der Waals surface area contributed by atoms with E-state index < -0.39 is 0 Å². The summed E-state index contributed by atoms with van der Waals surface area (Å²) in [5.41, 5.74) is 1.81. The quantitative estimate of drug-likeness (QED) is 0.880. The molecule has 0 radical (unpaired) electrons. The summed E-state index contributed by atoms with van der Waals surface area (Å²) < 4.78 is 11.6. The van der Waals surface area contributed by atoms with Gasteiger partial charge >= 0.3 is 0 Å². The van der Waals surface area contributed by atoms with E-state index in [2.05, 4.69) is 17.2 Å². The number of ether oxygens (including phenoxy) is 1. The Morgan fingerprint density at radius 2 is 2.30 bits per heavy atom. The molecule has 108 valence electrons. The van der Waals surface area contributed by atoms with Gasteiger partial charge in [0.15, 0.2) is 11.5 Å². The van der Waals surface area contributed by atoms with E-state index in [4.69, 9.17) is 9.15 Å². The van der Waals surface area contributed by atoms with Gasteiger partial charge < -0.3 is 14.5 Å². The first-order chi connectivity index (χ1) is 9.85. The number of rotatable bonds is 6. The molecule has 2 aromatic rings. The van der Waals surface area contributed by atoms with Crippen molar-refractivity contribution in [3.8, 4) is 0 Å². The van der Waals surface area contributed by atoms with Crippen molar-refractivity contribution >= 4 is 11.1 Å². The molecule has 2 unspecified atom stereocenters. The van der Waals surface area contributed by atoms with Crippen LogP contribution in [0.2, 0.25) is 0 Å². The molecule has 1 saturated heterocycles. The van der Waals surface area contributed by atoms with E-state index in [9.17, 15) is 0 Å². The molecule has 1 aliphatic heterocycles. The zero-order valence-corrected chi connectivity index (χ0v) is 12.0. The largest absolute Gasteiger partial charge is 0.441 e. The van der Waals surface area contributed by atoms with E-state index in [1.807, 2.05) is 24.3 Å². The molecular formula is C16H22N2O2. The van der Waals surface area contributed by atoms with Crippen LogP contribution >= 0.6 is 0 Å². The monoisotopic (exact) mass is 274 g/mol. The van der Waals surface area contributed by atoms with Crippen LogP contribution in [0, 0.1) is 0 Å². The number of nitrogens with zero attached hydrogens (tertiary/aromatic N) is 1. The average molecular weight is 274 g/mol. The van der Waals surface area contributed by atoms with Crippen LogP contribution in [0.3, 0.4) is 0 Å². The molecular weight excluding hydrogens is 252 g/mol. The molecule has 0 bridgehead atoms.